The lowest BCUT2D eigenvalue weighted by Crippen LogP contribution is -2.42. The summed E-state index contributed by atoms with van der Waals surface area (Å²) in [5.41, 5.74) is 3.25. The number of benzene rings is 1. The Morgan fingerprint density at radius 1 is 1.30 bits per heavy atom. The topological polar surface area (TPSA) is 36.4 Å². The van der Waals surface area contributed by atoms with Crippen LogP contribution in [0.15, 0.2) is 29.3 Å². The highest BCUT2D eigenvalue weighted by Crippen LogP contribution is 2.48. The van der Waals surface area contributed by atoms with Crippen LogP contribution in [0, 0.1) is 6.92 Å². The van der Waals surface area contributed by atoms with E-state index in [1.54, 1.807) is 0 Å². The van der Waals surface area contributed by atoms with Crippen molar-refractivity contribution in [2.75, 3.05) is 13.6 Å². The fourth-order valence-corrected chi connectivity index (χ4v) is 2.73. The predicted molar refractivity (Wildman–Crippen MR) is 95.0 cm³/mol. The van der Waals surface area contributed by atoms with Crippen LogP contribution in [0.3, 0.4) is 0 Å². The van der Waals surface area contributed by atoms with Crippen LogP contribution in [0.1, 0.15) is 36.8 Å². The summed E-state index contributed by atoms with van der Waals surface area (Å²) >= 11 is 0. The third-order valence-corrected chi connectivity index (χ3v) is 4.31. The lowest BCUT2D eigenvalue weighted by atomic mass is 9.92. The number of hydrogen-bond donors (Lipinski definition) is 2. The summed E-state index contributed by atoms with van der Waals surface area (Å²) in [4.78, 5) is 4.31. The van der Waals surface area contributed by atoms with Crippen molar-refractivity contribution in [3.8, 4) is 0 Å². The molecule has 0 amide bonds. The first-order valence-corrected chi connectivity index (χ1v) is 7.27. The molecule has 110 valence electrons. The van der Waals surface area contributed by atoms with Gasteiger partial charge in [-0.05, 0) is 43.7 Å². The molecule has 0 aliphatic heterocycles. The van der Waals surface area contributed by atoms with E-state index >= 15 is 0 Å². The molecular weight excluding hydrogens is 361 g/mol. The van der Waals surface area contributed by atoms with Crippen LogP contribution < -0.4 is 10.6 Å². The molecule has 20 heavy (non-hydrogen) atoms. The monoisotopic (exact) mass is 385 g/mol. The average molecular weight is 385 g/mol. The van der Waals surface area contributed by atoms with E-state index in [-0.39, 0.29) is 24.0 Å². The smallest absolute Gasteiger partial charge is 0.191 e. The molecule has 0 aromatic heterocycles. The van der Waals surface area contributed by atoms with E-state index in [9.17, 15) is 0 Å². The van der Waals surface area contributed by atoms with Crippen molar-refractivity contribution in [3.05, 3.63) is 35.4 Å². The summed E-state index contributed by atoms with van der Waals surface area (Å²) in [6.45, 7) is 3.21. The van der Waals surface area contributed by atoms with E-state index in [4.69, 9.17) is 0 Å². The van der Waals surface area contributed by atoms with Crippen molar-refractivity contribution in [2.45, 2.75) is 44.1 Å². The van der Waals surface area contributed by atoms with Gasteiger partial charge in [-0.3, -0.25) is 4.99 Å². The molecule has 2 N–H and O–H groups in total. The summed E-state index contributed by atoms with van der Waals surface area (Å²) in [7, 11) is 1.85. The first-order valence-electron chi connectivity index (χ1n) is 7.27. The number of aryl methyl sites for hydroxylation is 1. The summed E-state index contributed by atoms with van der Waals surface area (Å²) in [5.74, 6) is 0.961. The van der Waals surface area contributed by atoms with Gasteiger partial charge in [-0.1, -0.05) is 24.3 Å². The zero-order valence-corrected chi connectivity index (χ0v) is 14.6. The molecule has 2 aliphatic rings. The lowest BCUT2D eigenvalue weighted by Gasteiger charge is -2.20. The summed E-state index contributed by atoms with van der Waals surface area (Å²) in [5, 5.41) is 6.95. The van der Waals surface area contributed by atoms with Crippen LogP contribution in [-0.4, -0.2) is 25.6 Å². The van der Waals surface area contributed by atoms with E-state index < -0.39 is 0 Å². The maximum absolute atomic E-state index is 4.31. The standard InChI is InChI=1S/C16H23N3.HI/c1-12-5-3-4-6-14(12)16(9-10-16)11-18-15(17-2)19-13-7-8-13;/h3-6,13H,7-11H2,1-2H3,(H2,17,18,19);1H. The highest BCUT2D eigenvalue weighted by molar-refractivity contribution is 14.0. The first kappa shape index (κ1) is 15.6. The highest BCUT2D eigenvalue weighted by Gasteiger charge is 2.45. The Bertz CT molecular complexity index is 490. The number of aliphatic imine (C=N–C) groups is 1. The van der Waals surface area contributed by atoms with Crippen molar-refractivity contribution >= 4 is 29.9 Å². The second-order valence-corrected chi connectivity index (χ2v) is 5.94. The summed E-state index contributed by atoms with van der Waals surface area (Å²) in [6.07, 6.45) is 5.13. The quantitative estimate of drug-likeness (QED) is 0.475. The Hall–Kier alpha value is -0.780. The normalized spacial score (nSPS) is 20.0. The van der Waals surface area contributed by atoms with E-state index in [1.807, 2.05) is 7.05 Å². The average Bonchev–Trinajstić information content (AvgIpc) is 3.31. The van der Waals surface area contributed by atoms with Gasteiger partial charge in [0, 0.05) is 25.0 Å². The zero-order valence-electron chi connectivity index (χ0n) is 12.3. The van der Waals surface area contributed by atoms with Crippen LogP contribution in [0.5, 0.6) is 0 Å². The fourth-order valence-electron chi connectivity index (χ4n) is 2.73. The maximum Gasteiger partial charge on any atom is 0.191 e. The fraction of sp³-hybridized carbons (Fsp3) is 0.562. The van der Waals surface area contributed by atoms with Gasteiger partial charge in [0.15, 0.2) is 5.96 Å². The van der Waals surface area contributed by atoms with Gasteiger partial charge < -0.3 is 10.6 Å². The second kappa shape index (κ2) is 6.33. The van der Waals surface area contributed by atoms with Crippen molar-refractivity contribution in [2.24, 2.45) is 4.99 Å². The minimum absolute atomic E-state index is 0. The van der Waals surface area contributed by atoms with Crippen molar-refractivity contribution in [1.82, 2.24) is 10.6 Å². The molecular formula is C16H24IN3. The molecule has 0 atom stereocenters. The van der Waals surface area contributed by atoms with Crippen molar-refractivity contribution in [3.63, 3.8) is 0 Å². The molecule has 0 spiro atoms. The number of nitrogens with zero attached hydrogens (tertiary/aromatic N) is 1. The largest absolute Gasteiger partial charge is 0.356 e. The Balaban J connectivity index is 0.00000147. The van der Waals surface area contributed by atoms with E-state index in [0.29, 0.717) is 11.5 Å². The Morgan fingerprint density at radius 3 is 2.55 bits per heavy atom. The molecule has 2 saturated carbocycles. The van der Waals surface area contributed by atoms with E-state index in [0.717, 1.165) is 12.5 Å². The second-order valence-electron chi connectivity index (χ2n) is 5.94. The van der Waals surface area contributed by atoms with Gasteiger partial charge in [-0.15, -0.1) is 24.0 Å². The third-order valence-electron chi connectivity index (χ3n) is 4.31. The Labute approximate surface area is 138 Å². The van der Waals surface area contributed by atoms with Crippen LogP contribution in [0.25, 0.3) is 0 Å². The highest BCUT2D eigenvalue weighted by atomic mass is 127. The van der Waals surface area contributed by atoms with Crippen molar-refractivity contribution < 1.29 is 0 Å². The molecule has 0 unspecified atom stereocenters. The third kappa shape index (κ3) is 3.45. The molecule has 0 saturated heterocycles. The van der Waals surface area contributed by atoms with Gasteiger partial charge in [-0.25, -0.2) is 0 Å². The first-order chi connectivity index (χ1) is 9.23. The Morgan fingerprint density at radius 2 is 2.00 bits per heavy atom. The van der Waals surface area contributed by atoms with Crippen LogP contribution >= 0.6 is 24.0 Å². The maximum atomic E-state index is 4.31. The number of guanidine groups is 1. The summed E-state index contributed by atoms with van der Waals surface area (Å²) in [6, 6.07) is 9.42. The van der Waals surface area contributed by atoms with Crippen LogP contribution in [0.2, 0.25) is 0 Å². The number of hydrogen-bond acceptors (Lipinski definition) is 1. The molecule has 0 bridgehead atoms. The molecule has 2 fully saturated rings. The summed E-state index contributed by atoms with van der Waals surface area (Å²) < 4.78 is 0. The molecule has 1 aromatic rings. The van der Waals surface area contributed by atoms with Gasteiger partial charge in [0.1, 0.15) is 0 Å². The van der Waals surface area contributed by atoms with Gasteiger partial charge in [0.2, 0.25) is 0 Å². The van der Waals surface area contributed by atoms with E-state index in [2.05, 4.69) is 46.8 Å². The Kier molecular flexibility index (Phi) is 4.94. The number of nitrogens with one attached hydrogen (secondary N) is 2. The minimum Gasteiger partial charge on any atom is -0.356 e. The molecule has 4 heteroatoms. The van der Waals surface area contributed by atoms with Gasteiger partial charge in [-0.2, -0.15) is 0 Å². The van der Waals surface area contributed by atoms with Crippen LogP contribution in [-0.2, 0) is 5.41 Å². The minimum atomic E-state index is 0. The molecule has 0 radical (unpaired) electrons. The molecule has 2 aliphatic carbocycles. The number of halogens is 1. The van der Waals surface area contributed by atoms with E-state index in [1.165, 1.54) is 36.8 Å². The predicted octanol–water partition coefficient (Wildman–Crippen LogP) is 2.97. The lowest BCUT2D eigenvalue weighted by molar-refractivity contribution is 0.641. The molecule has 3 nitrogen and oxygen atoms in total. The molecule has 3 rings (SSSR count). The van der Waals surface area contributed by atoms with Crippen molar-refractivity contribution in [1.29, 1.82) is 0 Å². The van der Waals surface area contributed by atoms with Gasteiger partial charge >= 0.3 is 0 Å². The SMILES string of the molecule is CN=C(NCC1(c2ccccc2C)CC1)NC1CC1.I. The van der Waals surface area contributed by atoms with Crippen LogP contribution in [0.4, 0.5) is 0 Å². The molecule has 0 heterocycles. The zero-order chi connectivity index (χ0) is 13.3. The van der Waals surface area contributed by atoms with Gasteiger partial charge in [0.05, 0.1) is 0 Å². The molecule has 1 aromatic carbocycles. The van der Waals surface area contributed by atoms with Gasteiger partial charge in [0.25, 0.3) is 0 Å². The number of rotatable bonds is 4.